The molecule has 0 bridgehead atoms. The second kappa shape index (κ2) is 7.09. The summed E-state index contributed by atoms with van der Waals surface area (Å²) in [5, 5.41) is 0. The lowest BCUT2D eigenvalue weighted by Crippen LogP contribution is -2.16. The van der Waals surface area contributed by atoms with Crippen LogP contribution >= 0.6 is 12.4 Å². The first-order chi connectivity index (χ1) is 7.58. The van der Waals surface area contributed by atoms with Crippen molar-refractivity contribution in [3.63, 3.8) is 0 Å². The number of benzene rings is 1. The highest BCUT2D eigenvalue weighted by Gasteiger charge is 2.13. The molecule has 4 nitrogen and oxygen atoms in total. The van der Waals surface area contributed by atoms with Crippen LogP contribution in [0.5, 0.6) is 5.75 Å². The molecule has 0 heterocycles. The Morgan fingerprint density at radius 3 is 2.59 bits per heavy atom. The van der Waals surface area contributed by atoms with E-state index in [1.807, 2.05) is 0 Å². The number of rotatable bonds is 4. The van der Waals surface area contributed by atoms with Gasteiger partial charge in [-0.3, -0.25) is 4.79 Å². The summed E-state index contributed by atoms with van der Waals surface area (Å²) in [6.07, 6.45) is 0.0161. The van der Waals surface area contributed by atoms with Crippen LogP contribution in [0, 0.1) is 5.82 Å². The smallest absolute Gasteiger partial charge is 0.307 e. The lowest BCUT2D eigenvalue weighted by molar-refractivity contribution is -0.141. The number of carbonyl (C=O) groups excluding carboxylic acids is 1. The van der Waals surface area contributed by atoms with Gasteiger partial charge in [-0.2, -0.15) is 0 Å². The van der Waals surface area contributed by atoms with E-state index in [1.54, 1.807) is 6.07 Å². The van der Waals surface area contributed by atoms with Crippen LogP contribution in [0.15, 0.2) is 18.2 Å². The summed E-state index contributed by atoms with van der Waals surface area (Å²) in [5.41, 5.74) is 6.25. The van der Waals surface area contributed by atoms with Crippen LogP contribution < -0.4 is 10.5 Å². The number of ether oxygens (including phenoxy) is 2. The van der Waals surface area contributed by atoms with Crippen LogP contribution in [0.4, 0.5) is 4.39 Å². The minimum Gasteiger partial charge on any atom is -0.494 e. The van der Waals surface area contributed by atoms with E-state index < -0.39 is 17.8 Å². The van der Waals surface area contributed by atoms with Crippen molar-refractivity contribution in [2.75, 3.05) is 14.2 Å². The Morgan fingerprint density at radius 2 is 2.12 bits per heavy atom. The average Bonchev–Trinajstić information content (AvgIpc) is 2.28. The van der Waals surface area contributed by atoms with Crippen LogP contribution in [0.2, 0.25) is 0 Å². The molecule has 0 saturated carbocycles. The van der Waals surface area contributed by atoms with Crippen LogP contribution in [0.25, 0.3) is 0 Å². The molecule has 1 rings (SSSR count). The zero-order valence-corrected chi connectivity index (χ0v) is 10.4. The molecule has 0 fully saturated rings. The van der Waals surface area contributed by atoms with E-state index in [9.17, 15) is 9.18 Å². The fraction of sp³-hybridized carbons (Fsp3) is 0.364. The third-order valence-electron chi connectivity index (χ3n) is 2.22. The number of carbonyl (C=O) groups is 1. The third kappa shape index (κ3) is 4.20. The Labute approximate surface area is 105 Å². The van der Waals surface area contributed by atoms with Gasteiger partial charge in [0.2, 0.25) is 0 Å². The van der Waals surface area contributed by atoms with Gasteiger partial charge in [0.25, 0.3) is 0 Å². The summed E-state index contributed by atoms with van der Waals surface area (Å²) >= 11 is 0. The highest BCUT2D eigenvalue weighted by molar-refractivity contribution is 5.85. The summed E-state index contributed by atoms with van der Waals surface area (Å²) in [6.45, 7) is 0. The second-order valence-electron chi connectivity index (χ2n) is 3.28. The van der Waals surface area contributed by atoms with Crippen LogP contribution in [-0.4, -0.2) is 20.2 Å². The maximum Gasteiger partial charge on any atom is 0.307 e. The normalized spacial score (nSPS) is 11.3. The highest BCUT2D eigenvalue weighted by atomic mass is 35.5. The maximum absolute atomic E-state index is 13.3. The monoisotopic (exact) mass is 263 g/mol. The molecule has 2 N–H and O–H groups in total. The molecule has 0 aliphatic carbocycles. The van der Waals surface area contributed by atoms with Gasteiger partial charge in [0.05, 0.1) is 20.6 Å². The molecule has 0 spiro atoms. The summed E-state index contributed by atoms with van der Waals surface area (Å²) in [6, 6.07) is 3.77. The zero-order valence-electron chi connectivity index (χ0n) is 9.60. The van der Waals surface area contributed by atoms with Crippen LogP contribution in [0.3, 0.4) is 0 Å². The van der Waals surface area contributed by atoms with E-state index in [-0.39, 0.29) is 24.6 Å². The molecule has 1 aromatic rings. The first-order valence-electron chi connectivity index (χ1n) is 4.74. The molecule has 0 aromatic heterocycles. The van der Waals surface area contributed by atoms with E-state index in [0.29, 0.717) is 5.56 Å². The Morgan fingerprint density at radius 1 is 1.47 bits per heavy atom. The van der Waals surface area contributed by atoms with Crippen LogP contribution in [0.1, 0.15) is 18.0 Å². The van der Waals surface area contributed by atoms with Crippen molar-refractivity contribution in [1.82, 2.24) is 0 Å². The maximum atomic E-state index is 13.3. The third-order valence-corrected chi connectivity index (χ3v) is 2.22. The van der Waals surface area contributed by atoms with Crippen molar-refractivity contribution in [3.8, 4) is 5.75 Å². The second-order valence-corrected chi connectivity index (χ2v) is 3.28. The molecule has 0 amide bonds. The number of hydrogen-bond acceptors (Lipinski definition) is 4. The summed E-state index contributed by atoms with van der Waals surface area (Å²) in [4.78, 5) is 11.0. The Kier molecular flexibility index (Phi) is 6.53. The molecule has 1 atom stereocenters. The Hall–Kier alpha value is -1.33. The average molecular weight is 264 g/mol. The quantitative estimate of drug-likeness (QED) is 0.842. The minimum absolute atomic E-state index is 0. The first-order valence-corrected chi connectivity index (χ1v) is 4.74. The lowest BCUT2D eigenvalue weighted by atomic mass is 10.0. The standard InChI is InChI=1S/C11H14FNO3.ClH/c1-15-10-4-3-7(5-8(10)12)9(13)6-11(14)16-2;/h3-5,9H,6,13H2,1-2H3;1H/t9-;/m0./s1. The molecule has 0 unspecified atom stereocenters. The molecule has 0 saturated heterocycles. The molecular weight excluding hydrogens is 249 g/mol. The molecule has 1 aromatic carbocycles. The SMILES string of the molecule is COC(=O)C[C@H](N)c1ccc(OC)c(F)c1.Cl. The van der Waals surface area contributed by atoms with Crippen molar-refractivity contribution >= 4 is 18.4 Å². The first kappa shape index (κ1) is 15.7. The molecule has 0 aliphatic heterocycles. The molecule has 6 heteroatoms. The number of esters is 1. The fourth-order valence-electron chi connectivity index (χ4n) is 1.29. The molecule has 0 radical (unpaired) electrons. The number of nitrogens with two attached hydrogens (primary N) is 1. The van der Waals surface area contributed by atoms with E-state index in [2.05, 4.69) is 4.74 Å². The van der Waals surface area contributed by atoms with Gasteiger partial charge in [-0.1, -0.05) is 6.07 Å². The van der Waals surface area contributed by atoms with Gasteiger partial charge in [-0.15, -0.1) is 12.4 Å². The van der Waals surface area contributed by atoms with Gasteiger partial charge in [0.15, 0.2) is 11.6 Å². The van der Waals surface area contributed by atoms with E-state index >= 15 is 0 Å². The van der Waals surface area contributed by atoms with E-state index in [4.69, 9.17) is 10.5 Å². The molecule has 0 aliphatic rings. The predicted molar refractivity (Wildman–Crippen MR) is 63.8 cm³/mol. The highest BCUT2D eigenvalue weighted by Crippen LogP contribution is 2.22. The van der Waals surface area contributed by atoms with Crippen molar-refractivity contribution in [1.29, 1.82) is 0 Å². The van der Waals surface area contributed by atoms with Crippen LogP contribution in [-0.2, 0) is 9.53 Å². The minimum atomic E-state index is -0.576. The van der Waals surface area contributed by atoms with Crippen molar-refractivity contribution in [2.45, 2.75) is 12.5 Å². The predicted octanol–water partition coefficient (Wildman–Crippen LogP) is 1.82. The molecule has 96 valence electrons. The van der Waals surface area contributed by atoms with Crippen molar-refractivity contribution in [2.24, 2.45) is 5.73 Å². The summed E-state index contributed by atoms with van der Waals surface area (Å²) in [5.74, 6) is -0.780. The van der Waals surface area contributed by atoms with E-state index in [1.165, 1.54) is 26.4 Å². The van der Waals surface area contributed by atoms with Gasteiger partial charge < -0.3 is 15.2 Å². The van der Waals surface area contributed by atoms with E-state index in [0.717, 1.165) is 0 Å². The Balaban J connectivity index is 0.00000256. The summed E-state index contributed by atoms with van der Waals surface area (Å²) in [7, 11) is 2.66. The largest absolute Gasteiger partial charge is 0.494 e. The van der Waals surface area contributed by atoms with Crippen molar-refractivity contribution < 1.29 is 18.7 Å². The number of halogens is 2. The zero-order chi connectivity index (χ0) is 12.1. The van der Waals surface area contributed by atoms with Gasteiger partial charge in [0.1, 0.15) is 0 Å². The number of hydrogen-bond donors (Lipinski definition) is 1. The number of methoxy groups -OCH3 is 2. The Bertz CT molecular complexity index is 387. The molecule has 17 heavy (non-hydrogen) atoms. The van der Waals surface area contributed by atoms with Crippen molar-refractivity contribution in [3.05, 3.63) is 29.6 Å². The van der Waals surface area contributed by atoms with Gasteiger partial charge in [0, 0.05) is 6.04 Å². The molecular formula is C11H15ClFNO3. The summed E-state index contributed by atoms with van der Waals surface area (Å²) < 4.78 is 22.6. The lowest BCUT2D eigenvalue weighted by Gasteiger charge is -2.11. The van der Waals surface area contributed by atoms with Gasteiger partial charge in [-0.05, 0) is 17.7 Å². The van der Waals surface area contributed by atoms with Gasteiger partial charge in [-0.25, -0.2) is 4.39 Å². The van der Waals surface area contributed by atoms with Gasteiger partial charge >= 0.3 is 5.97 Å². The fourth-order valence-corrected chi connectivity index (χ4v) is 1.29. The topological polar surface area (TPSA) is 61.5 Å².